The Morgan fingerprint density at radius 1 is 1.30 bits per heavy atom. The van der Waals surface area contributed by atoms with E-state index in [0.717, 1.165) is 16.9 Å². The number of aryl methyl sites for hydroxylation is 2. The molecule has 0 saturated heterocycles. The molecule has 0 aliphatic rings. The van der Waals surface area contributed by atoms with Crippen LogP contribution in [0.25, 0.3) is 0 Å². The number of hydrogen-bond donors (Lipinski definition) is 2. The van der Waals surface area contributed by atoms with E-state index in [-0.39, 0.29) is 13.2 Å². The summed E-state index contributed by atoms with van der Waals surface area (Å²) in [6.45, 7) is 15.7. The summed E-state index contributed by atoms with van der Waals surface area (Å²) in [6.07, 6.45) is -1.03. The molecule has 2 N–H and O–H groups in total. The Hall–Kier alpha value is -3.19. The largest absolute Gasteiger partial charge is 0.460 e. The third-order valence-electron chi connectivity index (χ3n) is 4.80. The number of esters is 1. The number of aliphatic hydroxyl groups is 1. The SMILES string of the molecule is C=C(C)C(=O)OCCN(CCOC(O)C(=C)C)c1ccc(Nc2snc(C)c2C#N)c(C)c1. The fraction of sp³-hybridized carbons (Fsp3) is 0.375. The molecule has 33 heavy (non-hydrogen) atoms. The molecule has 0 amide bonds. The van der Waals surface area contributed by atoms with Gasteiger partial charge in [0.2, 0.25) is 0 Å². The van der Waals surface area contributed by atoms with Gasteiger partial charge < -0.3 is 24.8 Å². The van der Waals surface area contributed by atoms with Crippen molar-refractivity contribution in [2.24, 2.45) is 0 Å². The van der Waals surface area contributed by atoms with Gasteiger partial charge in [0.1, 0.15) is 23.2 Å². The maximum absolute atomic E-state index is 11.7. The number of carbonyl (C=O) groups is 1. The van der Waals surface area contributed by atoms with E-state index < -0.39 is 12.3 Å². The Bertz CT molecular complexity index is 1060. The molecule has 1 atom stereocenters. The van der Waals surface area contributed by atoms with Crippen molar-refractivity contribution >= 4 is 33.9 Å². The fourth-order valence-electron chi connectivity index (χ4n) is 2.85. The Labute approximate surface area is 198 Å². The number of anilines is 3. The highest BCUT2D eigenvalue weighted by atomic mass is 32.1. The van der Waals surface area contributed by atoms with E-state index in [1.54, 1.807) is 13.8 Å². The summed E-state index contributed by atoms with van der Waals surface area (Å²) in [6, 6.07) is 8.04. The number of benzene rings is 1. The lowest BCUT2D eigenvalue weighted by Gasteiger charge is -2.26. The maximum atomic E-state index is 11.7. The first-order chi connectivity index (χ1) is 15.6. The Kier molecular flexibility index (Phi) is 9.60. The number of rotatable bonds is 12. The van der Waals surface area contributed by atoms with Crippen LogP contribution in [0.5, 0.6) is 0 Å². The summed E-state index contributed by atoms with van der Waals surface area (Å²) in [7, 11) is 0. The normalized spacial score (nSPS) is 11.4. The van der Waals surface area contributed by atoms with Crippen LogP contribution in [0.1, 0.15) is 30.7 Å². The molecule has 2 aromatic rings. The van der Waals surface area contributed by atoms with Crippen LogP contribution in [0.3, 0.4) is 0 Å². The van der Waals surface area contributed by atoms with Crippen molar-refractivity contribution in [2.75, 3.05) is 36.5 Å². The van der Waals surface area contributed by atoms with E-state index in [1.807, 2.05) is 36.9 Å². The molecule has 1 aromatic heterocycles. The van der Waals surface area contributed by atoms with Crippen LogP contribution in [0, 0.1) is 25.2 Å². The zero-order valence-corrected chi connectivity index (χ0v) is 20.3. The van der Waals surface area contributed by atoms with Crippen molar-refractivity contribution in [3.8, 4) is 6.07 Å². The third-order valence-corrected chi connectivity index (χ3v) is 5.65. The molecular formula is C24H30N4O4S. The smallest absolute Gasteiger partial charge is 0.333 e. The highest BCUT2D eigenvalue weighted by molar-refractivity contribution is 7.10. The second kappa shape index (κ2) is 12.2. The maximum Gasteiger partial charge on any atom is 0.333 e. The van der Waals surface area contributed by atoms with Gasteiger partial charge >= 0.3 is 5.97 Å². The second-order valence-corrected chi connectivity index (χ2v) is 8.45. The molecule has 9 heteroatoms. The molecule has 1 unspecified atom stereocenters. The molecule has 0 aliphatic heterocycles. The molecule has 0 aliphatic carbocycles. The number of aliphatic hydroxyl groups excluding tert-OH is 1. The first-order valence-corrected chi connectivity index (χ1v) is 11.2. The van der Waals surface area contributed by atoms with Crippen molar-refractivity contribution in [2.45, 2.75) is 34.0 Å². The van der Waals surface area contributed by atoms with E-state index in [4.69, 9.17) is 9.47 Å². The zero-order chi connectivity index (χ0) is 24.5. The monoisotopic (exact) mass is 470 g/mol. The Morgan fingerprint density at radius 3 is 2.61 bits per heavy atom. The number of aromatic nitrogens is 1. The van der Waals surface area contributed by atoms with Gasteiger partial charge in [0, 0.05) is 23.5 Å². The average Bonchev–Trinajstić information content (AvgIpc) is 3.12. The number of ether oxygens (including phenoxy) is 2. The van der Waals surface area contributed by atoms with Gasteiger partial charge in [-0.25, -0.2) is 4.79 Å². The van der Waals surface area contributed by atoms with E-state index >= 15 is 0 Å². The molecule has 176 valence electrons. The number of hydrogen-bond acceptors (Lipinski definition) is 9. The molecule has 2 rings (SSSR count). The summed E-state index contributed by atoms with van der Waals surface area (Å²) < 4.78 is 14.9. The standard InChI is InChI=1S/C24H30N4O4S/c1-15(2)23(29)31-11-9-28(10-12-32-24(30)16(3)4)19-7-8-21(17(5)13-19)26-22-20(14-25)18(6)27-33-22/h7-8,13,23,26,29H,1,3,9-12H2,2,4-6H3. The quantitative estimate of drug-likeness (QED) is 0.206. The van der Waals surface area contributed by atoms with Crippen LogP contribution < -0.4 is 10.2 Å². The molecule has 0 bridgehead atoms. The van der Waals surface area contributed by atoms with Crippen molar-refractivity contribution in [1.29, 1.82) is 5.26 Å². The lowest BCUT2D eigenvalue weighted by atomic mass is 10.1. The summed E-state index contributed by atoms with van der Waals surface area (Å²) in [5.74, 6) is -0.437. The molecule has 0 radical (unpaired) electrons. The lowest BCUT2D eigenvalue weighted by Crippen LogP contribution is -2.33. The Balaban J connectivity index is 2.15. The van der Waals surface area contributed by atoms with Crippen molar-refractivity contribution in [3.63, 3.8) is 0 Å². The molecule has 8 nitrogen and oxygen atoms in total. The molecule has 1 heterocycles. The Morgan fingerprint density at radius 2 is 2.00 bits per heavy atom. The van der Waals surface area contributed by atoms with Gasteiger partial charge in [-0.1, -0.05) is 13.2 Å². The van der Waals surface area contributed by atoms with Crippen LogP contribution in [0.15, 0.2) is 42.5 Å². The van der Waals surface area contributed by atoms with Gasteiger partial charge in [-0.3, -0.25) is 0 Å². The lowest BCUT2D eigenvalue weighted by molar-refractivity contribution is -0.138. The number of nitriles is 1. The van der Waals surface area contributed by atoms with Crippen molar-refractivity contribution in [1.82, 2.24) is 4.37 Å². The van der Waals surface area contributed by atoms with Crippen LogP contribution in [0.2, 0.25) is 0 Å². The van der Waals surface area contributed by atoms with E-state index in [9.17, 15) is 15.2 Å². The van der Waals surface area contributed by atoms with Crippen LogP contribution in [-0.4, -0.2) is 48.0 Å². The first kappa shape index (κ1) is 26.1. The molecule has 1 aromatic carbocycles. The first-order valence-electron chi connectivity index (χ1n) is 10.4. The summed E-state index contributed by atoms with van der Waals surface area (Å²) in [5, 5.41) is 23.2. The van der Waals surface area contributed by atoms with Crippen LogP contribution in [-0.2, 0) is 14.3 Å². The number of nitrogens with zero attached hydrogens (tertiary/aromatic N) is 3. The van der Waals surface area contributed by atoms with Crippen LogP contribution >= 0.6 is 11.5 Å². The van der Waals surface area contributed by atoms with Crippen LogP contribution in [0.4, 0.5) is 16.4 Å². The average molecular weight is 471 g/mol. The highest BCUT2D eigenvalue weighted by Gasteiger charge is 2.14. The zero-order valence-electron chi connectivity index (χ0n) is 19.5. The van der Waals surface area contributed by atoms with Gasteiger partial charge in [0.15, 0.2) is 6.29 Å². The minimum absolute atomic E-state index is 0.180. The van der Waals surface area contributed by atoms with E-state index in [0.29, 0.717) is 40.5 Å². The molecule has 0 saturated carbocycles. The second-order valence-electron chi connectivity index (χ2n) is 7.68. The van der Waals surface area contributed by atoms with Crippen molar-refractivity contribution < 1.29 is 19.4 Å². The molecular weight excluding hydrogens is 440 g/mol. The summed E-state index contributed by atoms with van der Waals surface area (Å²) in [4.78, 5) is 13.7. The van der Waals surface area contributed by atoms with Gasteiger partial charge in [-0.05, 0) is 68.6 Å². The summed E-state index contributed by atoms with van der Waals surface area (Å²) in [5.41, 5.74) is 4.84. The van der Waals surface area contributed by atoms with Crippen molar-refractivity contribution in [3.05, 3.63) is 59.3 Å². The molecule has 0 spiro atoms. The van der Waals surface area contributed by atoms with Gasteiger partial charge in [-0.2, -0.15) is 9.64 Å². The minimum atomic E-state index is -1.03. The summed E-state index contributed by atoms with van der Waals surface area (Å²) >= 11 is 1.25. The van der Waals surface area contributed by atoms with Gasteiger partial charge in [0.25, 0.3) is 0 Å². The molecule has 0 fully saturated rings. The fourth-order valence-corrected chi connectivity index (χ4v) is 3.61. The van der Waals surface area contributed by atoms with Gasteiger partial charge in [-0.15, -0.1) is 0 Å². The predicted molar refractivity (Wildman–Crippen MR) is 131 cm³/mol. The predicted octanol–water partition coefficient (Wildman–Crippen LogP) is 4.21. The third kappa shape index (κ3) is 7.43. The van der Waals surface area contributed by atoms with E-state index in [2.05, 4.69) is 28.9 Å². The topological polar surface area (TPSA) is 108 Å². The number of nitrogens with one attached hydrogen (secondary N) is 1. The minimum Gasteiger partial charge on any atom is -0.460 e. The van der Waals surface area contributed by atoms with E-state index in [1.165, 1.54) is 11.5 Å². The van der Waals surface area contributed by atoms with Gasteiger partial charge in [0.05, 0.1) is 18.8 Å². The highest BCUT2D eigenvalue weighted by Crippen LogP contribution is 2.30. The number of carbonyl (C=O) groups excluding carboxylic acids is 1.